The molecular formula is C14H16N4O. The number of rotatable bonds is 4. The Morgan fingerprint density at radius 3 is 3.00 bits per heavy atom. The van der Waals surface area contributed by atoms with E-state index >= 15 is 0 Å². The third-order valence-electron chi connectivity index (χ3n) is 2.70. The van der Waals surface area contributed by atoms with Crippen molar-refractivity contribution in [3.05, 3.63) is 53.9 Å². The van der Waals surface area contributed by atoms with Crippen LogP contribution in [0.15, 0.2) is 42.6 Å². The van der Waals surface area contributed by atoms with Gasteiger partial charge < -0.3 is 11.1 Å². The molecule has 0 radical (unpaired) electrons. The second-order valence-corrected chi connectivity index (χ2v) is 4.17. The second kappa shape index (κ2) is 5.86. The van der Waals surface area contributed by atoms with Gasteiger partial charge in [0.05, 0.1) is 12.2 Å². The number of amides is 1. The maximum absolute atomic E-state index is 11.6. The number of nitrogens with two attached hydrogens (primary N) is 1. The Morgan fingerprint density at radius 2 is 2.32 bits per heavy atom. The maximum atomic E-state index is 11.6. The minimum atomic E-state index is -0.149. The summed E-state index contributed by atoms with van der Waals surface area (Å²) in [6.45, 7) is 0.455. The predicted molar refractivity (Wildman–Crippen MR) is 74.9 cm³/mol. The molecule has 1 aromatic heterocycles. The van der Waals surface area contributed by atoms with Gasteiger partial charge in [-0.15, -0.1) is 0 Å². The molecule has 0 bridgehead atoms. The lowest BCUT2D eigenvalue weighted by Crippen LogP contribution is -2.21. The van der Waals surface area contributed by atoms with Gasteiger partial charge in [-0.3, -0.25) is 9.48 Å². The quantitative estimate of drug-likeness (QED) is 0.640. The van der Waals surface area contributed by atoms with Gasteiger partial charge in [0.15, 0.2) is 0 Å². The monoisotopic (exact) mass is 256 g/mol. The highest BCUT2D eigenvalue weighted by atomic mass is 16.1. The number of anilines is 1. The lowest BCUT2D eigenvalue weighted by Gasteiger charge is -2.02. The zero-order valence-corrected chi connectivity index (χ0v) is 10.7. The van der Waals surface area contributed by atoms with E-state index in [9.17, 15) is 4.79 Å². The number of nitrogens with one attached hydrogen (secondary N) is 1. The van der Waals surface area contributed by atoms with E-state index in [2.05, 4.69) is 10.4 Å². The van der Waals surface area contributed by atoms with Crippen LogP contribution in [0.2, 0.25) is 0 Å². The van der Waals surface area contributed by atoms with E-state index in [1.54, 1.807) is 23.0 Å². The van der Waals surface area contributed by atoms with Gasteiger partial charge in [-0.25, -0.2) is 0 Å². The highest BCUT2D eigenvalue weighted by Crippen LogP contribution is 2.07. The van der Waals surface area contributed by atoms with Crippen molar-refractivity contribution in [3.8, 4) is 0 Å². The largest absolute Gasteiger partial charge is 0.399 e. The molecule has 5 heteroatoms. The van der Waals surface area contributed by atoms with E-state index in [-0.39, 0.29) is 5.91 Å². The summed E-state index contributed by atoms with van der Waals surface area (Å²) in [5.41, 5.74) is 8.19. The Hall–Kier alpha value is -2.56. The van der Waals surface area contributed by atoms with E-state index in [0.717, 1.165) is 11.3 Å². The SMILES string of the molecule is Cn1nccc1CNC(=O)/C=C/c1cccc(N)c1. The molecule has 2 aromatic rings. The Kier molecular flexibility index (Phi) is 3.97. The number of hydrogen-bond acceptors (Lipinski definition) is 3. The molecule has 0 fully saturated rings. The Labute approximate surface area is 111 Å². The third kappa shape index (κ3) is 3.70. The lowest BCUT2D eigenvalue weighted by molar-refractivity contribution is -0.116. The van der Waals surface area contributed by atoms with Crippen LogP contribution in [0.4, 0.5) is 5.69 Å². The second-order valence-electron chi connectivity index (χ2n) is 4.17. The smallest absolute Gasteiger partial charge is 0.244 e. The summed E-state index contributed by atoms with van der Waals surface area (Å²) >= 11 is 0. The number of aryl methyl sites for hydroxylation is 1. The van der Waals surface area contributed by atoms with Gasteiger partial charge in [0.25, 0.3) is 0 Å². The van der Waals surface area contributed by atoms with Gasteiger partial charge in [-0.1, -0.05) is 12.1 Å². The number of carbonyl (C=O) groups is 1. The lowest BCUT2D eigenvalue weighted by atomic mass is 10.2. The normalized spacial score (nSPS) is 10.8. The molecule has 0 aliphatic carbocycles. The molecular weight excluding hydrogens is 240 g/mol. The molecule has 1 aromatic carbocycles. The number of nitrogen functional groups attached to an aromatic ring is 1. The first-order chi connectivity index (χ1) is 9.15. The molecule has 1 heterocycles. The molecule has 1 amide bonds. The van der Waals surface area contributed by atoms with E-state index in [0.29, 0.717) is 12.2 Å². The minimum Gasteiger partial charge on any atom is -0.399 e. The summed E-state index contributed by atoms with van der Waals surface area (Å²) in [7, 11) is 1.84. The fourth-order valence-corrected chi connectivity index (χ4v) is 1.65. The maximum Gasteiger partial charge on any atom is 0.244 e. The topological polar surface area (TPSA) is 72.9 Å². The number of benzene rings is 1. The van der Waals surface area contributed by atoms with Crippen molar-refractivity contribution in [3.63, 3.8) is 0 Å². The molecule has 0 aliphatic rings. The standard InChI is InChI=1S/C14H16N4O/c1-18-13(7-8-17-18)10-16-14(19)6-5-11-3-2-4-12(15)9-11/h2-9H,10,15H2,1H3,(H,16,19)/b6-5+. The van der Waals surface area contributed by atoms with E-state index in [1.165, 1.54) is 6.08 Å². The molecule has 5 nitrogen and oxygen atoms in total. The van der Waals surface area contributed by atoms with Gasteiger partial charge in [0.1, 0.15) is 0 Å². The first-order valence-corrected chi connectivity index (χ1v) is 5.93. The van der Waals surface area contributed by atoms with Crippen LogP contribution in [0.5, 0.6) is 0 Å². The van der Waals surface area contributed by atoms with Crippen LogP contribution in [-0.2, 0) is 18.4 Å². The van der Waals surface area contributed by atoms with Crippen molar-refractivity contribution >= 4 is 17.7 Å². The first kappa shape index (κ1) is 12.9. The summed E-state index contributed by atoms with van der Waals surface area (Å²) in [4.78, 5) is 11.6. The summed E-state index contributed by atoms with van der Waals surface area (Å²) < 4.78 is 1.72. The van der Waals surface area contributed by atoms with Gasteiger partial charge in [0, 0.05) is 25.0 Å². The van der Waals surface area contributed by atoms with E-state index in [1.807, 2.05) is 31.3 Å². The van der Waals surface area contributed by atoms with Crippen molar-refractivity contribution in [1.29, 1.82) is 0 Å². The number of nitrogens with zero attached hydrogens (tertiary/aromatic N) is 2. The Balaban J connectivity index is 1.89. The molecule has 0 spiro atoms. The van der Waals surface area contributed by atoms with E-state index in [4.69, 9.17) is 5.73 Å². The third-order valence-corrected chi connectivity index (χ3v) is 2.70. The molecule has 0 saturated carbocycles. The average Bonchev–Trinajstić information content (AvgIpc) is 2.80. The van der Waals surface area contributed by atoms with Crippen LogP contribution in [0.25, 0.3) is 6.08 Å². The van der Waals surface area contributed by atoms with Gasteiger partial charge >= 0.3 is 0 Å². The number of carbonyl (C=O) groups excluding carboxylic acids is 1. The molecule has 3 N–H and O–H groups in total. The van der Waals surface area contributed by atoms with Crippen molar-refractivity contribution in [2.75, 3.05) is 5.73 Å². The fourth-order valence-electron chi connectivity index (χ4n) is 1.65. The minimum absolute atomic E-state index is 0.149. The molecule has 2 rings (SSSR count). The summed E-state index contributed by atoms with van der Waals surface area (Å²) in [5, 5.41) is 6.82. The van der Waals surface area contributed by atoms with Gasteiger partial charge in [0.2, 0.25) is 5.91 Å². The molecule has 0 aliphatic heterocycles. The van der Waals surface area contributed by atoms with Crippen LogP contribution in [-0.4, -0.2) is 15.7 Å². The van der Waals surface area contributed by atoms with Crippen molar-refractivity contribution < 1.29 is 4.79 Å². The molecule has 0 atom stereocenters. The summed E-state index contributed by atoms with van der Waals surface area (Å²) in [5.74, 6) is -0.149. The Bertz CT molecular complexity index is 601. The van der Waals surface area contributed by atoms with Gasteiger partial charge in [-0.2, -0.15) is 5.10 Å². The highest BCUT2D eigenvalue weighted by molar-refractivity contribution is 5.91. The zero-order valence-electron chi connectivity index (χ0n) is 10.7. The van der Waals surface area contributed by atoms with Crippen LogP contribution in [0.1, 0.15) is 11.3 Å². The summed E-state index contributed by atoms with van der Waals surface area (Å²) in [6, 6.07) is 9.22. The molecule has 98 valence electrons. The first-order valence-electron chi connectivity index (χ1n) is 5.93. The van der Waals surface area contributed by atoms with Crippen LogP contribution in [0.3, 0.4) is 0 Å². The van der Waals surface area contributed by atoms with Crippen molar-refractivity contribution in [1.82, 2.24) is 15.1 Å². The number of aromatic nitrogens is 2. The molecule has 0 unspecified atom stereocenters. The van der Waals surface area contributed by atoms with Gasteiger partial charge in [-0.05, 0) is 29.8 Å². The van der Waals surface area contributed by atoms with Crippen LogP contribution < -0.4 is 11.1 Å². The van der Waals surface area contributed by atoms with E-state index < -0.39 is 0 Å². The van der Waals surface area contributed by atoms with Crippen LogP contribution >= 0.6 is 0 Å². The fraction of sp³-hybridized carbons (Fsp3) is 0.143. The van der Waals surface area contributed by atoms with Crippen molar-refractivity contribution in [2.45, 2.75) is 6.54 Å². The molecule has 19 heavy (non-hydrogen) atoms. The average molecular weight is 256 g/mol. The zero-order chi connectivity index (χ0) is 13.7. The molecule has 0 saturated heterocycles. The number of hydrogen-bond donors (Lipinski definition) is 2. The predicted octanol–water partition coefficient (Wildman–Crippen LogP) is 1.33. The highest BCUT2D eigenvalue weighted by Gasteiger charge is 2.00. The van der Waals surface area contributed by atoms with Crippen LogP contribution in [0, 0.1) is 0 Å². The van der Waals surface area contributed by atoms with Crippen molar-refractivity contribution in [2.24, 2.45) is 7.05 Å². The Morgan fingerprint density at radius 1 is 1.47 bits per heavy atom. The summed E-state index contributed by atoms with van der Waals surface area (Å²) in [6.07, 6.45) is 4.92.